The number of aromatic amines is 1. The Hall–Kier alpha value is -1.73. The molecule has 0 bridgehead atoms. The minimum absolute atomic E-state index is 0.250. The Morgan fingerprint density at radius 2 is 2.20 bits per heavy atom. The number of hydrogen-bond acceptors (Lipinski definition) is 5. The normalized spacial score (nSPS) is 12.1. The number of primary amides is 1. The topological polar surface area (TPSA) is 93.9 Å². The van der Waals surface area contributed by atoms with Crippen molar-refractivity contribution in [2.45, 2.75) is 23.9 Å². The van der Waals surface area contributed by atoms with Crippen LogP contribution in [0.4, 0.5) is 0 Å². The minimum Gasteiger partial charge on any atom is -0.486 e. The lowest BCUT2D eigenvalue weighted by Gasteiger charge is -2.03. The van der Waals surface area contributed by atoms with Crippen molar-refractivity contribution in [1.82, 2.24) is 15.2 Å². The van der Waals surface area contributed by atoms with Gasteiger partial charge in [-0.25, -0.2) is 4.98 Å². The van der Waals surface area contributed by atoms with E-state index >= 15 is 0 Å². The quantitative estimate of drug-likeness (QED) is 0.796. The predicted octanol–water partition coefficient (Wildman–Crippen LogP) is 2.00. The Kier molecular flexibility index (Phi) is 4.86. The van der Waals surface area contributed by atoms with E-state index in [1.165, 1.54) is 11.8 Å². The van der Waals surface area contributed by atoms with Crippen molar-refractivity contribution in [2.75, 3.05) is 0 Å². The Balaban J connectivity index is 1.89. The molecule has 0 spiro atoms. The van der Waals surface area contributed by atoms with Crippen LogP contribution < -0.4 is 10.5 Å². The van der Waals surface area contributed by atoms with Crippen LogP contribution in [0, 0.1) is 0 Å². The van der Waals surface area contributed by atoms with Crippen molar-refractivity contribution in [3.63, 3.8) is 0 Å². The number of nitrogens with two attached hydrogens (primary N) is 1. The van der Waals surface area contributed by atoms with Gasteiger partial charge in [0.2, 0.25) is 11.1 Å². The molecular formula is C12H13ClN4O2S. The van der Waals surface area contributed by atoms with E-state index < -0.39 is 5.91 Å². The average molecular weight is 313 g/mol. The summed E-state index contributed by atoms with van der Waals surface area (Å²) < 4.78 is 5.52. The van der Waals surface area contributed by atoms with Crippen molar-refractivity contribution in [3.05, 3.63) is 35.1 Å². The Bertz CT molecular complexity index is 587. The first-order valence-electron chi connectivity index (χ1n) is 5.80. The summed E-state index contributed by atoms with van der Waals surface area (Å²) >= 11 is 6.98. The zero-order valence-corrected chi connectivity index (χ0v) is 12.2. The van der Waals surface area contributed by atoms with E-state index in [1.807, 2.05) is 0 Å². The highest BCUT2D eigenvalue weighted by molar-refractivity contribution is 8.00. The van der Waals surface area contributed by atoms with E-state index in [0.717, 1.165) is 0 Å². The molecule has 0 radical (unpaired) electrons. The lowest BCUT2D eigenvalue weighted by Crippen LogP contribution is -2.22. The van der Waals surface area contributed by atoms with Gasteiger partial charge in [-0.2, -0.15) is 0 Å². The van der Waals surface area contributed by atoms with Gasteiger partial charge in [0.15, 0.2) is 5.82 Å². The maximum absolute atomic E-state index is 10.9. The highest BCUT2D eigenvalue weighted by atomic mass is 35.5. The molecule has 0 fully saturated rings. The molecule has 2 aromatic rings. The maximum Gasteiger partial charge on any atom is 0.230 e. The molecule has 3 N–H and O–H groups in total. The molecule has 20 heavy (non-hydrogen) atoms. The SMILES string of the molecule is CC(Sc1n[nH]c(COc2ccc(Cl)cc2)n1)C(N)=O. The molecular weight excluding hydrogens is 300 g/mol. The van der Waals surface area contributed by atoms with Crippen LogP contribution in [0.3, 0.4) is 0 Å². The molecule has 106 valence electrons. The fraction of sp³-hybridized carbons (Fsp3) is 0.250. The third-order valence-corrected chi connectivity index (χ3v) is 3.61. The second kappa shape index (κ2) is 6.62. The average Bonchev–Trinajstić information content (AvgIpc) is 2.85. The number of amides is 1. The molecule has 8 heteroatoms. The second-order valence-corrected chi connectivity index (χ2v) is 5.71. The summed E-state index contributed by atoms with van der Waals surface area (Å²) in [5, 5.41) is 7.46. The van der Waals surface area contributed by atoms with E-state index in [1.54, 1.807) is 31.2 Å². The van der Waals surface area contributed by atoms with Crippen molar-refractivity contribution in [1.29, 1.82) is 0 Å². The Morgan fingerprint density at radius 1 is 1.50 bits per heavy atom. The van der Waals surface area contributed by atoms with Gasteiger partial charge in [-0.1, -0.05) is 23.4 Å². The van der Waals surface area contributed by atoms with Crippen molar-refractivity contribution >= 4 is 29.3 Å². The van der Waals surface area contributed by atoms with Gasteiger partial charge in [-0.3, -0.25) is 9.89 Å². The number of carbonyl (C=O) groups excluding carboxylic acids is 1. The summed E-state index contributed by atoms with van der Waals surface area (Å²) in [6, 6.07) is 7.02. The zero-order chi connectivity index (χ0) is 14.5. The molecule has 0 saturated heterocycles. The fourth-order valence-electron chi connectivity index (χ4n) is 1.29. The number of hydrogen-bond donors (Lipinski definition) is 2. The summed E-state index contributed by atoms with van der Waals surface area (Å²) in [4.78, 5) is 15.2. The van der Waals surface area contributed by atoms with Crippen LogP contribution in [0.25, 0.3) is 0 Å². The number of benzene rings is 1. The zero-order valence-electron chi connectivity index (χ0n) is 10.7. The lowest BCUT2D eigenvalue weighted by atomic mass is 10.3. The Morgan fingerprint density at radius 3 is 2.85 bits per heavy atom. The Labute approximate surface area is 125 Å². The molecule has 0 aliphatic carbocycles. The summed E-state index contributed by atoms with van der Waals surface area (Å²) in [7, 11) is 0. The minimum atomic E-state index is -0.404. The standard InChI is InChI=1S/C12H13ClN4O2S/c1-7(11(14)18)20-12-15-10(16-17-12)6-19-9-4-2-8(13)3-5-9/h2-5,7H,6H2,1H3,(H2,14,18)(H,15,16,17). The largest absolute Gasteiger partial charge is 0.486 e. The smallest absolute Gasteiger partial charge is 0.230 e. The summed E-state index contributed by atoms with van der Waals surface area (Å²) in [6.45, 7) is 1.95. The fourth-order valence-corrected chi connectivity index (χ4v) is 2.11. The van der Waals surface area contributed by atoms with Crippen LogP contribution >= 0.6 is 23.4 Å². The molecule has 1 heterocycles. The van der Waals surface area contributed by atoms with Gasteiger partial charge in [-0.15, -0.1) is 5.10 Å². The van der Waals surface area contributed by atoms with Crippen molar-refractivity contribution in [3.8, 4) is 5.75 Å². The third kappa shape index (κ3) is 4.14. The number of nitrogens with zero attached hydrogens (tertiary/aromatic N) is 2. The van der Waals surface area contributed by atoms with Gasteiger partial charge >= 0.3 is 0 Å². The van der Waals surface area contributed by atoms with Crippen molar-refractivity contribution < 1.29 is 9.53 Å². The predicted molar refractivity (Wildman–Crippen MR) is 76.7 cm³/mol. The number of aromatic nitrogens is 3. The molecule has 1 aromatic carbocycles. The summed E-state index contributed by atoms with van der Waals surface area (Å²) in [5.41, 5.74) is 5.18. The second-order valence-electron chi connectivity index (χ2n) is 3.97. The number of nitrogens with one attached hydrogen (secondary N) is 1. The van der Waals surface area contributed by atoms with Crippen LogP contribution in [0.5, 0.6) is 5.75 Å². The van der Waals surface area contributed by atoms with Gasteiger partial charge in [0.1, 0.15) is 12.4 Å². The highest BCUT2D eigenvalue weighted by Crippen LogP contribution is 2.19. The number of H-pyrrole nitrogens is 1. The molecule has 1 amide bonds. The molecule has 2 rings (SSSR count). The van der Waals surface area contributed by atoms with Crippen LogP contribution in [0.2, 0.25) is 5.02 Å². The van der Waals surface area contributed by atoms with Crippen molar-refractivity contribution in [2.24, 2.45) is 5.73 Å². The lowest BCUT2D eigenvalue weighted by molar-refractivity contribution is -0.117. The maximum atomic E-state index is 10.9. The van der Waals surface area contributed by atoms with E-state index in [0.29, 0.717) is 21.8 Å². The van der Waals surface area contributed by atoms with E-state index in [4.69, 9.17) is 22.1 Å². The molecule has 0 aliphatic heterocycles. The third-order valence-electron chi connectivity index (χ3n) is 2.38. The molecule has 1 unspecified atom stereocenters. The number of thioether (sulfide) groups is 1. The summed E-state index contributed by atoms with van der Waals surface area (Å²) in [6.07, 6.45) is 0. The molecule has 1 atom stereocenters. The van der Waals surface area contributed by atoms with Crippen LogP contribution in [-0.2, 0) is 11.4 Å². The van der Waals surface area contributed by atoms with Crippen LogP contribution in [0.1, 0.15) is 12.7 Å². The first-order valence-corrected chi connectivity index (χ1v) is 7.06. The van der Waals surface area contributed by atoms with Gasteiger partial charge in [0.25, 0.3) is 0 Å². The number of carbonyl (C=O) groups is 1. The van der Waals surface area contributed by atoms with Gasteiger partial charge < -0.3 is 10.5 Å². The number of halogens is 1. The van der Waals surface area contributed by atoms with E-state index in [2.05, 4.69) is 15.2 Å². The highest BCUT2D eigenvalue weighted by Gasteiger charge is 2.14. The monoisotopic (exact) mass is 312 g/mol. The molecule has 6 nitrogen and oxygen atoms in total. The molecule has 0 aliphatic rings. The van der Waals surface area contributed by atoms with E-state index in [9.17, 15) is 4.79 Å². The first kappa shape index (κ1) is 14.7. The first-order chi connectivity index (χ1) is 9.54. The van der Waals surface area contributed by atoms with Gasteiger partial charge in [0, 0.05) is 5.02 Å². The van der Waals surface area contributed by atoms with Crippen LogP contribution in [0.15, 0.2) is 29.4 Å². The van der Waals surface area contributed by atoms with Gasteiger partial charge in [-0.05, 0) is 31.2 Å². The van der Waals surface area contributed by atoms with Crippen LogP contribution in [-0.4, -0.2) is 26.3 Å². The molecule has 0 saturated carbocycles. The van der Waals surface area contributed by atoms with Gasteiger partial charge in [0.05, 0.1) is 5.25 Å². The molecule has 1 aromatic heterocycles. The number of ether oxygens (including phenoxy) is 1. The number of rotatable bonds is 6. The summed E-state index contributed by atoms with van der Waals surface area (Å²) in [5.74, 6) is 0.850. The van der Waals surface area contributed by atoms with E-state index in [-0.39, 0.29) is 11.9 Å².